The fourth-order valence-corrected chi connectivity index (χ4v) is 1.00. The Labute approximate surface area is 75.4 Å². The molecule has 0 aliphatic rings. The fourth-order valence-electron chi connectivity index (χ4n) is 1.00. The molecular formula is C10H10F2O. The Morgan fingerprint density at radius 3 is 2.46 bits per heavy atom. The van der Waals surface area contributed by atoms with Gasteiger partial charge in [0.25, 0.3) is 0 Å². The number of hydrogen-bond acceptors (Lipinski definition) is 1. The highest BCUT2D eigenvalue weighted by atomic mass is 19.1. The minimum Gasteiger partial charge on any atom is -0.298 e. The summed E-state index contributed by atoms with van der Waals surface area (Å²) in [5, 5.41) is 0. The third kappa shape index (κ3) is 2.11. The molecule has 1 aromatic carbocycles. The monoisotopic (exact) mass is 184 g/mol. The van der Waals surface area contributed by atoms with Crippen molar-refractivity contribution in [1.82, 2.24) is 0 Å². The molecule has 1 nitrogen and oxygen atoms in total. The number of rotatable bonds is 2. The lowest BCUT2D eigenvalue weighted by atomic mass is 9.98. The van der Waals surface area contributed by atoms with E-state index in [2.05, 4.69) is 0 Å². The van der Waals surface area contributed by atoms with Crippen LogP contribution >= 0.6 is 0 Å². The van der Waals surface area contributed by atoms with Gasteiger partial charge in [-0.2, -0.15) is 0 Å². The zero-order valence-electron chi connectivity index (χ0n) is 7.47. The smallest absolute Gasteiger partial charge is 0.153 e. The van der Waals surface area contributed by atoms with Gasteiger partial charge in [0.2, 0.25) is 0 Å². The summed E-state index contributed by atoms with van der Waals surface area (Å²) in [5.74, 6) is -0.622. The molecule has 0 saturated carbocycles. The van der Waals surface area contributed by atoms with Gasteiger partial charge in [-0.1, -0.05) is 6.07 Å². The van der Waals surface area contributed by atoms with Crippen LogP contribution in [0.3, 0.4) is 0 Å². The summed E-state index contributed by atoms with van der Waals surface area (Å²) in [7, 11) is 0. The maximum absolute atomic E-state index is 13.3. The van der Waals surface area contributed by atoms with Crippen molar-refractivity contribution in [3.63, 3.8) is 0 Å². The summed E-state index contributed by atoms with van der Waals surface area (Å²) in [6.45, 7) is 2.71. The third-order valence-corrected chi connectivity index (χ3v) is 1.81. The van der Waals surface area contributed by atoms with Gasteiger partial charge in [-0.15, -0.1) is 0 Å². The Bertz CT molecular complexity index is 326. The first-order valence-corrected chi connectivity index (χ1v) is 3.89. The molecule has 0 fully saturated rings. The topological polar surface area (TPSA) is 17.1 Å². The summed E-state index contributed by atoms with van der Waals surface area (Å²) >= 11 is 0. The zero-order valence-corrected chi connectivity index (χ0v) is 7.47. The van der Waals surface area contributed by atoms with Gasteiger partial charge in [-0.3, -0.25) is 4.79 Å². The maximum Gasteiger partial charge on any atom is 0.153 e. The molecule has 0 atom stereocenters. The lowest BCUT2D eigenvalue weighted by Crippen LogP contribution is -2.09. The molecule has 0 bridgehead atoms. The molecule has 0 aromatic heterocycles. The molecule has 0 amide bonds. The van der Waals surface area contributed by atoms with Crippen LogP contribution in [0, 0.1) is 5.82 Å². The van der Waals surface area contributed by atoms with Crippen LogP contribution < -0.4 is 0 Å². The molecule has 13 heavy (non-hydrogen) atoms. The van der Waals surface area contributed by atoms with Crippen molar-refractivity contribution >= 4 is 6.29 Å². The summed E-state index contributed by atoms with van der Waals surface area (Å²) in [6, 6.07) is 3.66. The second-order valence-electron chi connectivity index (χ2n) is 3.33. The molecule has 70 valence electrons. The number of halogens is 2. The maximum atomic E-state index is 13.3. The Morgan fingerprint density at radius 2 is 2.00 bits per heavy atom. The molecule has 3 heteroatoms. The predicted octanol–water partition coefficient (Wildman–Crippen LogP) is 2.84. The van der Waals surface area contributed by atoms with Crippen molar-refractivity contribution in [3.05, 3.63) is 35.1 Å². The van der Waals surface area contributed by atoms with Crippen molar-refractivity contribution in [2.45, 2.75) is 19.5 Å². The molecule has 0 heterocycles. The minimum atomic E-state index is -1.55. The lowest BCUT2D eigenvalue weighted by Gasteiger charge is -2.14. The highest BCUT2D eigenvalue weighted by Gasteiger charge is 2.19. The Balaban J connectivity index is 3.21. The van der Waals surface area contributed by atoms with E-state index in [9.17, 15) is 13.6 Å². The highest BCUT2D eigenvalue weighted by Crippen LogP contribution is 2.25. The Hall–Kier alpha value is -1.25. The fraction of sp³-hybridized carbons (Fsp3) is 0.300. The largest absolute Gasteiger partial charge is 0.298 e. The number of benzene rings is 1. The molecule has 0 radical (unpaired) electrons. The van der Waals surface area contributed by atoms with Crippen LogP contribution in [0.4, 0.5) is 8.78 Å². The van der Waals surface area contributed by atoms with Crippen LogP contribution in [0.25, 0.3) is 0 Å². The minimum absolute atomic E-state index is 0.108. The Morgan fingerprint density at radius 1 is 1.38 bits per heavy atom. The zero-order chi connectivity index (χ0) is 10.1. The van der Waals surface area contributed by atoms with Crippen LogP contribution in [-0.2, 0) is 5.67 Å². The van der Waals surface area contributed by atoms with E-state index in [-0.39, 0.29) is 5.56 Å². The SMILES string of the molecule is CC(C)(F)c1ccc(F)c(C=O)c1. The van der Waals surface area contributed by atoms with Gasteiger partial charge < -0.3 is 0 Å². The summed E-state index contributed by atoms with van der Waals surface area (Å²) in [6.07, 6.45) is 0.380. The van der Waals surface area contributed by atoms with Crippen molar-refractivity contribution in [1.29, 1.82) is 0 Å². The van der Waals surface area contributed by atoms with Crippen molar-refractivity contribution < 1.29 is 13.6 Å². The first kappa shape index (κ1) is 9.84. The second kappa shape index (κ2) is 3.24. The lowest BCUT2D eigenvalue weighted by molar-refractivity contribution is 0.111. The van der Waals surface area contributed by atoms with Crippen LogP contribution in [0.1, 0.15) is 29.8 Å². The summed E-state index contributed by atoms with van der Waals surface area (Å²) in [4.78, 5) is 10.3. The molecule has 0 spiro atoms. The number of aldehydes is 1. The molecule has 0 aliphatic carbocycles. The molecule has 1 rings (SSSR count). The van der Waals surface area contributed by atoms with Crippen LogP contribution in [-0.4, -0.2) is 6.29 Å². The average Bonchev–Trinajstić information content (AvgIpc) is 2.03. The quantitative estimate of drug-likeness (QED) is 0.646. The van der Waals surface area contributed by atoms with Gasteiger partial charge in [0.1, 0.15) is 11.5 Å². The number of carbonyl (C=O) groups excluding carboxylic acids is 1. The van der Waals surface area contributed by atoms with E-state index >= 15 is 0 Å². The predicted molar refractivity (Wildman–Crippen MR) is 45.9 cm³/mol. The van der Waals surface area contributed by atoms with E-state index in [4.69, 9.17) is 0 Å². The number of carbonyl (C=O) groups is 1. The molecule has 1 aromatic rings. The highest BCUT2D eigenvalue weighted by molar-refractivity contribution is 5.75. The van der Waals surface area contributed by atoms with E-state index in [1.807, 2.05) is 0 Å². The average molecular weight is 184 g/mol. The third-order valence-electron chi connectivity index (χ3n) is 1.81. The normalized spacial score (nSPS) is 11.4. The van der Waals surface area contributed by atoms with Crippen LogP contribution in [0.5, 0.6) is 0 Å². The van der Waals surface area contributed by atoms with Crippen molar-refractivity contribution in [2.24, 2.45) is 0 Å². The molecule has 0 aliphatic heterocycles. The van der Waals surface area contributed by atoms with Gasteiger partial charge in [-0.25, -0.2) is 8.78 Å². The van der Waals surface area contributed by atoms with E-state index in [1.165, 1.54) is 26.0 Å². The molecule has 0 N–H and O–H groups in total. The van der Waals surface area contributed by atoms with E-state index in [0.717, 1.165) is 6.07 Å². The summed E-state index contributed by atoms with van der Waals surface area (Å²) in [5.41, 5.74) is -1.36. The van der Waals surface area contributed by atoms with Gasteiger partial charge in [0.15, 0.2) is 6.29 Å². The summed E-state index contributed by atoms with van der Waals surface area (Å²) < 4.78 is 26.1. The van der Waals surface area contributed by atoms with Gasteiger partial charge in [0.05, 0.1) is 5.56 Å². The van der Waals surface area contributed by atoms with Crippen molar-refractivity contribution in [3.8, 4) is 0 Å². The van der Waals surface area contributed by atoms with Gasteiger partial charge in [-0.05, 0) is 31.5 Å². The van der Waals surface area contributed by atoms with Crippen molar-refractivity contribution in [2.75, 3.05) is 0 Å². The van der Waals surface area contributed by atoms with Crippen LogP contribution in [0.15, 0.2) is 18.2 Å². The Kier molecular flexibility index (Phi) is 2.45. The molecule has 0 saturated heterocycles. The first-order valence-electron chi connectivity index (χ1n) is 3.89. The molecule has 0 unspecified atom stereocenters. The standard InChI is InChI=1S/C10H10F2O/c1-10(2,12)8-3-4-9(11)7(5-8)6-13/h3-6H,1-2H3. The van der Waals surface area contributed by atoms with Crippen LogP contribution in [0.2, 0.25) is 0 Å². The first-order chi connectivity index (χ1) is 5.95. The van der Waals surface area contributed by atoms with Gasteiger partial charge >= 0.3 is 0 Å². The van der Waals surface area contributed by atoms with E-state index in [1.54, 1.807) is 0 Å². The number of hydrogen-bond donors (Lipinski definition) is 0. The van der Waals surface area contributed by atoms with Gasteiger partial charge in [0, 0.05) is 0 Å². The number of alkyl halides is 1. The second-order valence-corrected chi connectivity index (χ2v) is 3.33. The molecular weight excluding hydrogens is 174 g/mol. The van der Waals surface area contributed by atoms with E-state index < -0.39 is 11.5 Å². The van der Waals surface area contributed by atoms with E-state index in [0.29, 0.717) is 11.8 Å².